The first kappa shape index (κ1) is 34.3. The molecule has 0 radical (unpaired) electrons. The average molecular weight is 739 g/mol. The van der Waals surface area contributed by atoms with Crippen molar-refractivity contribution in [2.24, 2.45) is 0 Å². The zero-order valence-electron chi connectivity index (χ0n) is 29.9. The Morgan fingerprint density at radius 3 is 2.57 bits per heavy atom. The molecule has 5 aliphatic rings. The molecule has 2 saturated heterocycles. The van der Waals surface area contributed by atoms with Crippen molar-refractivity contribution < 1.29 is 32.7 Å². The zero-order chi connectivity index (χ0) is 37.2. The van der Waals surface area contributed by atoms with Crippen LogP contribution in [0.1, 0.15) is 89.8 Å². The Bertz CT molecular complexity index is 2210. The van der Waals surface area contributed by atoms with Crippen LogP contribution in [0.25, 0.3) is 16.8 Å². The lowest BCUT2D eigenvalue weighted by atomic mass is 9.92. The van der Waals surface area contributed by atoms with E-state index in [2.05, 4.69) is 20.0 Å². The number of halogens is 2. The molecule has 2 aromatic heterocycles. The summed E-state index contributed by atoms with van der Waals surface area (Å²) in [7, 11) is 0. The molecule has 54 heavy (non-hydrogen) atoms. The molecule has 13 nitrogen and oxygen atoms in total. The Morgan fingerprint density at radius 1 is 0.963 bits per heavy atom. The number of aryl methyl sites for hydroxylation is 1. The molecule has 0 spiro atoms. The highest BCUT2D eigenvalue weighted by Crippen LogP contribution is 2.44. The fraction of sp³-hybridized carbons (Fsp3) is 0.436. The molecular weight excluding hydrogens is 698 g/mol. The Hall–Kier alpha value is -5.44. The molecule has 5 aliphatic heterocycles. The summed E-state index contributed by atoms with van der Waals surface area (Å²) in [5, 5.41) is 12.0. The van der Waals surface area contributed by atoms with Crippen molar-refractivity contribution in [3.8, 4) is 16.8 Å². The number of alkyl halides is 2. The van der Waals surface area contributed by atoms with Gasteiger partial charge in [-0.1, -0.05) is 6.07 Å². The number of piperidine rings is 1. The standard InChI is InChI=1S/C39H40F2N8O5/c1-22(50)45-12-8-32-31(21-45)37(44-49(32)26-9-13-54-14-10-26)46-11-2-3-23-15-28(30(36(40)41)17-34(23)46)25-18-42-48(20-25)27-5-4-24-19-47(39(53)29(24)16-27)33-6-7-35(51)43-38(33)52/h4-5,15-18,20,26,33,36H,2-3,6-14,19,21H2,1H3,(H,43,51,52). The van der Waals surface area contributed by atoms with Crippen LogP contribution in [0.15, 0.2) is 42.7 Å². The molecule has 7 heterocycles. The van der Waals surface area contributed by atoms with E-state index in [1.165, 1.54) is 4.90 Å². The van der Waals surface area contributed by atoms with Gasteiger partial charge in [-0.3, -0.25) is 29.2 Å². The summed E-state index contributed by atoms with van der Waals surface area (Å²) in [4.78, 5) is 55.5. The Morgan fingerprint density at radius 2 is 1.80 bits per heavy atom. The number of anilines is 2. The SMILES string of the molecule is CC(=O)N1CCc2c(c(N3CCCc4cc(-c5cnn(-c6ccc7c(c6)C(=O)N(C6CCC(=O)NC6=O)C7)c5)c(C(F)F)cc43)nn2C2CCOCC2)C1. The monoisotopic (exact) mass is 738 g/mol. The Labute approximate surface area is 309 Å². The van der Waals surface area contributed by atoms with Gasteiger partial charge in [-0.2, -0.15) is 10.2 Å². The predicted octanol–water partition coefficient (Wildman–Crippen LogP) is 4.77. The summed E-state index contributed by atoms with van der Waals surface area (Å²) in [6.45, 7) is 4.80. The largest absolute Gasteiger partial charge is 0.381 e. The molecule has 2 aromatic carbocycles. The van der Waals surface area contributed by atoms with Gasteiger partial charge < -0.3 is 19.4 Å². The van der Waals surface area contributed by atoms with Gasteiger partial charge in [-0.25, -0.2) is 13.5 Å². The number of ether oxygens (including phenoxy) is 1. The van der Waals surface area contributed by atoms with Crippen LogP contribution in [0.5, 0.6) is 0 Å². The van der Waals surface area contributed by atoms with Crippen molar-refractivity contribution >= 4 is 35.1 Å². The number of nitrogens with zero attached hydrogens (tertiary/aromatic N) is 7. The van der Waals surface area contributed by atoms with Crippen LogP contribution in [0.4, 0.5) is 20.3 Å². The van der Waals surface area contributed by atoms with Gasteiger partial charge in [0.15, 0.2) is 5.82 Å². The number of benzene rings is 2. The minimum absolute atomic E-state index is 0.00433. The number of carbonyl (C=O) groups is 4. The molecule has 0 aliphatic carbocycles. The van der Waals surface area contributed by atoms with Crippen LogP contribution in [-0.2, 0) is 45.1 Å². The normalized spacial score (nSPS) is 20.3. The number of hydrogen-bond donors (Lipinski definition) is 1. The number of nitrogens with one attached hydrogen (secondary N) is 1. The summed E-state index contributed by atoms with van der Waals surface area (Å²) in [5.74, 6) is -0.402. The lowest BCUT2D eigenvalue weighted by molar-refractivity contribution is -0.137. The first-order valence-electron chi connectivity index (χ1n) is 18.6. The van der Waals surface area contributed by atoms with Crippen LogP contribution >= 0.6 is 0 Å². The second-order valence-electron chi connectivity index (χ2n) is 14.8. The van der Waals surface area contributed by atoms with Gasteiger partial charge in [0.25, 0.3) is 12.3 Å². The number of aromatic nitrogens is 4. The highest BCUT2D eigenvalue weighted by molar-refractivity contribution is 6.05. The van der Waals surface area contributed by atoms with Gasteiger partial charge in [0, 0.05) is 92.4 Å². The first-order valence-corrected chi connectivity index (χ1v) is 18.6. The maximum absolute atomic E-state index is 15.0. The van der Waals surface area contributed by atoms with E-state index in [0.717, 1.165) is 47.5 Å². The molecule has 2 fully saturated rings. The molecule has 1 atom stereocenters. The third-order valence-corrected chi connectivity index (χ3v) is 11.6. The van der Waals surface area contributed by atoms with Crippen LogP contribution < -0.4 is 10.2 Å². The van der Waals surface area contributed by atoms with E-state index in [1.807, 2.05) is 23.1 Å². The van der Waals surface area contributed by atoms with E-state index in [9.17, 15) is 19.2 Å². The maximum Gasteiger partial charge on any atom is 0.264 e. The Kier molecular flexibility index (Phi) is 8.55. The molecule has 4 amide bonds. The van der Waals surface area contributed by atoms with Crippen LogP contribution in [0.3, 0.4) is 0 Å². The molecule has 0 saturated carbocycles. The quantitative estimate of drug-likeness (QED) is 0.280. The van der Waals surface area contributed by atoms with Gasteiger partial charge >= 0.3 is 0 Å². The second-order valence-corrected chi connectivity index (χ2v) is 14.8. The predicted molar refractivity (Wildman–Crippen MR) is 191 cm³/mol. The topological polar surface area (TPSA) is 135 Å². The molecule has 1 N–H and O–H groups in total. The summed E-state index contributed by atoms with van der Waals surface area (Å²) >= 11 is 0. The summed E-state index contributed by atoms with van der Waals surface area (Å²) in [5.41, 5.74) is 6.26. The summed E-state index contributed by atoms with van der Waals surface area (Å²) < 4.78 is 39.4. The highest BCUT2D eigenvalue weighted by Gasteiger charge is 2.39. The summed E-state index contributed by atoms with van der Waals surface area (Å²) in [6, 6.07) is 8.21. The number of hydrogen-bond acceptors (Lipinski definition) is 8. The molecule has 9 rings (SSSR count). The van der Waals surface area contributed by atoms with E-state index in [1.54, 1.807) is 36.1 Å². The molecular formula is C39H40F2N8O5. The molecule has 280 valence electrons. The first-order chi connectivity index (χ1) is 26.1. The van der Waals surface area contributed by atoms with Crippen molar-refractivity contribution in [2.75, 3.05) is 31.2 Å². The number of rotatable bonds is 6. The third-order valence-electron chi connectivity index (χ3n) is 11.6. The smallest absolute Gasteiger partial charge is 0.264 e. The average Bonchev–Trinajstić information content (AvgIpc) is 3.90. The van der Waals surface area contributed by atoms with Crippen molar-refractivity contribution in [1.29, 1.82) is 0 Å². The summed E-state index contributed by atoms with van der Waals surface area (Å²) in [6.07, 6.45) is 4.79. The van der Waals surface area contributed by atoms with E-state index in [-0.39, 0.29) is 48.7 Å². The van der Waals surface area contributed by atoms with Gasteiger partial charge in [0.1, 0.15) is 6.04 Å². The number of fused-ring (bicyclic) bond motifs is 3. The Balaban J connectivity index is 1.04. The lowest BCUT2D eigenvalue weighted by Crippen LogP contribution is -2.52. The van der Waals surface area contributed by atoms with Crippen LogP contribution in [0.2, 0.25) is 0 Å². The molecule has 15 heteroatoms. The van der Waals surface area contributed by atoms with Crippen molar-refractivity contribution in [2.45, 2.75) is 83.5 Å². The number of imide groups is 1. The van der Waals surface area contributed by atoms with Gasteiger partial charge in [0.2, 0.25) is 17.7 Å². The fourth-order valence-electron chi connectivity index (χ4n) is 8.73. The van der Waals surface area contributed by atoms with Gasteiger partial charge in [0.05, 0.1) is 24.5 Å². The molecule has 1 unspecified atom stereocenters. The van der Waals surface area contributed by atoms with E-state index < -0.39 is 18.4 Å². The van der Waals surface area contributed by atoms with Crippen LogP contribution in [0, 0.1) is 0 Å². The van der Waals surface area contributed by atoms with Gasteiger partial charge in [-0.05, 0) is 73.1 Å². The third kappa shape index (κ3) is 5.85. The lowest BCUT2D eigenvalue weighted by Gasteiger charge is -2.33. The zero-order valence-corrected chi connectivity index (χ0v) is 29.9. The van der Waals surface area contributed by atoms with Crippen molar-refractivity contribution in [3.63, 3.8) is 0 Å². The maximum atomic E-state index is 15.0. The van der Waals surface area contributed by atoms with E-state index in [0.29, 0.717) is 73.8 Å². The molecule has 0 bridgehead atoms. The number of carbonyl (C=O) groups excluding carboxylic acids is 4. The molecule has 4 aromatic rings. The minimum Gasteiger partial charge on any atom is -0.381 e. The van der Waals surface area contributed by atoms with Gasteiger partial charge in [-0.15, -0.1) is 0 Å². The highest BCUT2D eigenvalue weighted by atomic mass is 19.3. The van der Waals surface area contributed by atoms with E-state index in [4.69, 9.17) is 9.84 Å². The fourth-order valence-corrected chi connectivity index (χ4v) is 8.73. The minimum atomic E-state index is -2.77. The van der Waals surface area contributed by atoms with Crippen molar-refractivity contribution in [3.05, 3.63) is 76.2 Å². The van der Waals surface area contributed by atoms with Crippen LogP contribution in [-0.4, -0.2) is 85.3 Å². The second kappa shape index (κ2) is 13.4. The van der Waals surface area contributed by atoms with Crippen molar-refractivity contribution in [1.82, 2.24) is 34.7 Å². The number of amides is 4. The van der Waals surface area contributed by atoms with E-state index >= 15 is 8.78 Å².